The van der Waals surface area contributed by atoms with Crippen LogP contribution in [0, 0.1) is 0 Å². The zero-order chi connectivity index (χ0) is 16.9. The van der Waals surface area contributed by atoms with E-state index in [9.17, 15) is 9.90 Å². The van der Waals surface area contributed by atoms with E-state index in [0.717, 1.165) is 0 Å². The van der Waals surface area contributed by atoms with Gasteiger partial charge < -0.3 is 19.6 Å². The zero-order valence-electron chi connectivity index (χ0n) is 13.2. The van der Waals surface area contributed by atoms with Gasteiger partial charge in [0, 0.05) is 13.1 Å². The van der Waals surface area contributed by atoms with Crippen molar-refractivity contribution >= 4 is 21.9 Å². The summed E-state index contributed by atoms with van der Waals surface area (Å²) in [6.07, 6.45) is 1.08. The Kier molecular flexibility index (Phi) is 4.93. The summed E-state index contributed by atoms with van der Waals surface area (Å²) in [6, 6.07) is 12.2. The lowest BCUT2D eigenvalue weighted by atomic mass is 10.1. The standard InChI is InChI=1S/C19H19NO4/c1-2-9-20-11-13(21)12-23-14-7-8-18-16(10-14)19(22)15-5-3-4-6-17(15)24-18/h2-8,10,13,20-21H,1,9,11-12H2. The molecule has 2 N–H and O–H groups in total. The van der Waals surface area contributed by atoms with Gasteiger partial charge in [-0.1, -0.05) is 18.2 Å². The van der Waals surface area contributed by atoms with Gasteiger partial charge in [0.15, 0.2) is 0 Å². The van der Waals surface area contributed by atoms with Crippen LogP contribution in [0.25, 0.3) is 21.9 Å². The van der Waals surface area contributed by atoms with Crippen LogP contribution in [0.1, 0.15) is 0 Å². The first-order valence-corrected chi connectivity index (χ1v) is 7.77. The zero-order valence-corrected chi connectivity index (χ0v) is 13.2. The van der Waals surface area contributed by atoms with Crippen LogP contribution in [0.2, 0.25) is 0 Å². The van der Waals surface area contributed by atoms with E-state index in [4.69, 9.17) is 9.15 Å². The third kappa shape index (κ3) is 3.48. The number of aliphatic hydroxyl groups is 1. The van der Waals surface area contributed by atoms with E-state index in [1.807, 2.05) is 6.07 Å². The van der Waals surface area contributed by atoms with Crippen LogP contribution in [0.3, 0.4) is 0 Å². The van der Waals surface area contributed by atoms with E-state index >= 15 is 0 Å². The number of benzene rings is 2. The van der Waals surface area contributed by atoms with E-state index < -0.39 is 6.10 Å². The number of hydrogen-bond donors (Lipinski definition) is 2. The minimum absolute atomic E-state index is 0.0921. The highest BCUT2D eigenvalue weighted by Gasteiger charge is 2.09. The molecule has 5 heteroatoms. The summed E-state index contributed by atoms with van der Waals surface area (Å²) in [4.78, 5) is 12.6. The molecule has 3 aromatic rings. The first-order chi connectivity index (χ1) is 11.7. The van der Waals surface area contributed by atoms with E-state index in [1.54, 1.807) is 42.5 Å². The van der Waals surface area contributed by atoms with Gasteiger partial charge in [-0.25, -0.2) is 0 Å². The second-order valence-electron chi connectivity index (χ2n) is 5.50. The molecule has 0 radical (unpaired) electrons. The minimum Gasteiger partial charge on any atom is -0.491 e. The molecule has 0 bridgehead atoms. The highest BCUT2D eigenvalue weighted by molar-refractivity contribution is 5.90. The second-order valence-corrected chi connectivity index (χ2v) is 5.50. The average Bonchev–Trinajstić information content (AvgIpc) is 2.61. The first kappa shape index (κ1) is 16.2. The molecule has 2 aromatic carbocycles. The van der Waals surface area contributed by atoms with Crippen molar-refractivity contribution in [1.29, 1.82) is 0 Å². The maximum absolute atomic E-state index is 12.6. The van der Waals surface area contributed by atoms with Gasteiger partial charge in [-0.15, -0.1) is 6.58 Å². The van der Waals surface area contributed by atoms with E-state index in [0.29, 0.717) is 40.8 Å². The average molecular weight is 325 g/mol. The number of fused-ring (bicyclic) bond motifs is 2. The molecule has 1 heterocycles. The number of aliphatic hydroxyl groups excluding tert-OH is 1. The van der Waals surface area contributed by atoms with Gasteiger partial charge in [0.2, 0.25) is 5.43 Å². The molecular formula is C19H19NO4. The Morgan fingerprint density at radius 2 is 2.00 bits per heavy atom. The Morgan fingerprint density at radius 3 is 2.83 bits per heavy atom. The summed E-state index contributed by atoms with van der Waals surface area (Å²) in [6.45, 7) is 4.76. The third-order valence-electron chi connectivity index (χ3n) is 3.66. The minimum atomic E-state index is -0.645. The first-order valence-electron chi connectivity index (χ1n) is 7.77. The van der Waals surface area contributed by atoms with Crippen molar-refractivity contribution in [2.75, 3.05) is 19.7 Å². The van der Waals surface area contributed by atoms with E-state index in [-0.39, 0.29) is 12.0 Å². The Labute approximate surface area is 139 Å². The van der Waals surface area contributed by atoms with Gasteiger partial charge in [0.25, 0.3) is 0 Å². The number of rotatable bonds is 7. The van der Waals surface area contributed by atoms with Crippen molar-refractivity contribution in [2.24, 2.45) is 0 Å². The monoisotopic (exact) mass is 325 g/mol. The largest absolute Gasteiger partial charge is 0.491 e. The maximum Gasteiger partial charge on any atom is 0.200 e. The lowest BCUT2D eigenvalue weighted by Gasteiger charge is -2.13. The molecule has 0 aliphatic heterocycles. The van der Waals surface area contributed by atoms with Crippen LogP contribution in [-0.2, 0) is 0 Å². The Hall–Kier alpha value is -2.63. The van der Waals surface area contributed by atoms with E-state index in [2.05, 4.69) is 11.9 Å². The van der Waals surface area contributed by atoms with Crippen LogP contribution < -0.4 is 15.5 Å². The second kappa shape index (κ2) is 7.29. The predicted molar refractivity (Wildman–Crippen MR) is 94.6 cm³/mol. The van der Waals surface area contributed by atoms with Gasteiger partial charge in [-0.2, -0.15) is 0 Å². The Morgan fingerprint density at radius 1 is 1.21 bits per heavy atom. The van der Waals surface area contributed by atoms with Crippen molar-refractivity contribution in [3.63, 3.8) is 0 Å². The smallest absolute Gasteiger partial charge is 0.200 e. The fourth-order valence-corrected chi connectivity index (χ4v) is 2.48. The SMILES string of the molecule is C=CCNCC(O)COc1ccc2oc3ccccc3c(=O)c2c1. The molecule has 0 saturated carbocycles. The molecular weight excluding hydrogens is 306 g/mol. The third-order valence-corrected chi connectivity index (χ3v) is 3.66. The van der Waals surface area contributed by atoms with Crippen LogP contribution in [0.4, 0.5) is 0 Å². The summed E-state index contributed by atoms with van der Waals surface area (Å²) in [7, 11) is 0. The predicted octanol–water partition coefficient (Wildman–Crippen LogP) is 2.46. The molecule has 3 rings (SSSR count). The highest BCUT2D eigenvalue weighted by atomic mass is 16.5. The molecule has 0 spiro atoms. The Bertz CT molecular complexity index is 916. The quantitative estimate of drug-likeness (QED) is 0.397. The lowest BCUT2D eigenvalue weighted by Crippen LogP contribution is -2.31. The number of ether oxygens (including phenoxy) is 1. The van der Waals surface area contributed by atoms with Gasteiger partial charge in [0.1, 0.15) is 29.6 Å². The van der Waals surface area contributed by atoms with Crippen molar-refractivity contribution < 1.29 is 14.3 Å². The molecule has 0 amide bonds. The molecule has 0 aliphatic rings. The van der Waals surface area contributed by atoms with Crippen LogP contribution in [0.15, 0.2) is 64.3 Å². The normalized spacial score (nSPS) is 12.4. The molecule has 0 fully saturated rings. The van der Waals surface area contributed by atoms with Gasteiger partial charge in [0.05, 0.1) is 10.8 Å². The molecule has 124 valence electrons. The van der Waals surface area contributed by atoms with Crippen molar-refractivity contribution in [3.05, 3.63) is 65.3 Å². The highest BCUT2D eigenvalue weighted by Crippen LogP contribution is 2.22. The summed E-state index contributed by atoms with van der Waals surface area (Å²) in [5.41, 5.74) is 0.983. The van der Waals surface area contributed by atoms with Gasteiger partial charge in [-0.3, -0.25) is 4.79 Å². The van der Waals surface area contributed by atoms with Crippen LogP contribution in [0.5, 0.6) is 5.75 Å². The van der Waals surface area contributed by atoms with Gasteiger partial charge >= 0.3 is 0 Å². The van der Waals surface area contributed by atoms with Crippen molar-refractivity contribution in [2.45, 2.75) is 6.10 Å². The van der Waals surface area contributed by atoms with Crippen molar-refractivity contribution in [3.8, 4) is 5.75 Å². The molecule has 1 aromatic heterocycles. The molecule has 5 nitrogen and oxygen atoms in total. The van der Waals surface area contributed by atoms with Crippen LogP contribution >= 0.6 is 0 Å². The molecule has 0 aliphatic carbocycles. The number of nitrogens with one attached hydrogen (secondary N) is 1. The van der Waals surface area contributed by atoms with Gasteiger partial charge in [-0.05, 0) is 30.3 Å². The fourth-order valence-electron chi connectivity index (χ4n) is 2.48. The summed E-state index contributed by atoms with van der Waals surface area (Å²) >= 11 is 0. The number of hydrogen-bond acceptors (Lipinski definition) is 5. The van der Waals surface area contributed by atoms with Crippen LogP contribution in [-0.4, -0.2) is 30.9 Å². The Balaban J connectivity index is 1.81. The number of para-hydroxylation sites is 1. The topological polar surface area (TPSA) is 71.7 Å². The molecule has 0 saturated heterocycles. The van der Waals surface area contributed by atoms with E-state index in [1.165, 1.54) is 0 Å². The molecule has 1 atom stereocenters. The summed E-state index contributed by atoms with van der Waals surface area (Å²) in [5.74, 6) is 0.521. The molecule has 1 unspecified atom stereocenters. The molecule has 24 heavy (non-hydrogen) atoms. The maximum atomic E-state index is 12.6. The van der Waals surface area contributed by atoms with Crippen molar-refractivity contribution in [1.82, 2.24) is 5.32 Å². The summed E-state index contributed by atoms with van der Waals surface area (Å²) in [5, 5.41) is 13.9. The lowest BCUT2D eigenvalue weighted by molar-refractivity contribution is 0.107. The fraction of sp³-hybridized carbons (Fsp3) is 0.211. The summed E-state index contributed by atoms with van der Waals surface area (Å²) < 4.78 is 11.3.